The van der Waals surface area contributed by atoms with E-state index in [9.17, 15) is 4.79 Å². The van der Waals surface area contributed by atoms with Crippen LogP contribution in [-0.4, -0.2) is 11.1 Å². The lowest BCUT2D eigenvalue weighted by molar-refractivity contribution is 0.0944. The number of carbonyl (C=O) groups is 1. The highest BCUT2D eigenvalue weighted by molar-refractivity contribution is 6.32. The van der Waals surface area contributed by atoms with Crippen molar-refractivity contribution in [2.24, 2.45) is 5.84 Å². The largest absolute Gasteiger partial charge is 0.484 e. The van der Waals surface area contributed by atoms with Gasteiger partial charge in [-0.05, 0) is 18.2 Å². The summed E-state index contributed by atoms with van der Waals surface area (Å²) in [5, 5.41) is 12.6. The minimum Gasteiger partial charge on any atom is -0.484 e. The van der Waals surface area contributed by atoms with Crippen LogP contribution in [0.4, 0.5) is 0 Å². The predicted octanol–water partition coefficient (Wildman–Crippen LogP) is 1.38. The van der Waals surface area contributed by atoms with Gasteiger partial charge in [0.15, 0.2) is 11.5 Å². The molecule has 0 spiro atoms. The Kier molecular flexibility index (Phi) is 4.20. The van der Waals surface area contributed by atoms with Crippen molar-refractivity contribution in [1.29, 1.82) is 5.26 Å². The molecule has 2 aromatic rings. The van der Waals surface area contributed by atoms with Gasteiger partial charge in [0, 0.05) is 6.07 Å². The van der Waals surface area contributed by atoms with E-state index >= 15 is 0 Å². The summed E-state index contributed by atoms with van der Waals surface area (Å²) in [5.74, 6) is 5.14. The van der Waals surface area contributed by atoms with Crippen molar-refractivity contribution >= 4 is 17.5 Å². The van der Waals surface area contributed by atoms with Crippen LogP contribution in [0.15, 0.2) is 28.8 Å². The Labute approximate surface area is 118 Å². The van der Waals surface area contributed by atoms with Gasteiger partial charge in [-0.3, -0.25) is 10.2 Å². The Morgan fingerprint density at radius 2 is 2.35 bits per heavy atom. The molecule has 0 aliphatic carbocycles. The first-order chi connectivity index (χ1) is 9.63. The van der Waals surface area contributed by atoms with Gasteiger partial charge in [-0.2, -0.15) is 5.26 Å². The highest BCUT2D eigenvalue weighted by Crippen LogP contribution is 2.26. The van der Waals surface area contributed by atoms with E-state index in [1.165, 1.54) is 12.1 Å². The average Bonchev–Trinajstić information content (AvgIpc) is 2.94. The van der Waals surface area contributed by atoms with Gasteiger partial charge in [-0.15, -0.1) is 0 Å². The van der Waals surface area contributed by atoms with E-state index in [0.717, 1.165) is 0 Å². The minimum absolute atomic E-state index is 0.0382. The molecule has 7 nitrogen and oxygen atoms in total. The second-order valence-corrected chi connectivity index (χ2v) is 4.10. The molecule has 0 unspecified atom stereocenters. The SMILES string of the molecule is N#Cc1ccc(OCc2cc(C(=O)NN)no2)c(Cl)c1. The molecule has 0 saturated carbocycles. The normalized spacial score (nSPS) is 9.85. The summed E-state index contributed by atoms with van der Waals surface area (Å²) in [5.41, 5.74) is 2.42. The molecule has 0 radical (unpaired) electrons. The van der Waals surface area contributed by atoms with Gasteiger partial charge >= 0.3 is 0 Å². The molecule has 0 aliphatic heterocycles. The summed E-state index contributed by atoms with van der Waals surface area (Å²) in [6.07, 6.45) is 0. The number of hydrazine groups is 1. The molecule has 102 valence electrons. The van der Waals surface area contributed by atoms with E-state index in [4.69, 9.17) is 32.0 Å². The second kappa shape index (κ2) is 6.06. The lowest BCUT2D eigenvalue weighted by atomic mass is 10.2. The van der Waals surface area contributed by atoms with Crippen molar-refractivity contribution in [3.63, 3.8) is 0 Å². The number of benzene rings is 1. The summed E-state index contributed by atoms with van der Waals surface area (Å²) in [6.45, 7) is 0.0382. The fourth-order valence-corrected chi connectivity index (χ4v) is 1.63. The van der Waals surface area contributed by atoms with Gasteiger partial charge in [0.1, 0.15) is 12.4 Å². The zero-order chi connectivity index (χ0) is 14.5. The third kappa shape index (κ3) is 3.06. The molecule has 0 atom stereocenters. The number of nitrogens with two attached hydrogens (primary N) is 1. The quantitative estimate of drug-likeness (QED) is 0.500. The number of amides is 1. The number of aromatic nitrogens is 1. The lowest BCUT2D eigenvalue weighted by Gasteiger charge is -2.05. The number of nitriles is 1. The van der Waals surface area contributed by atoms with Crippen molar-refractivity contribution in [3.8, 4) is 11.8 Å². The van der Waals surface area contributed by atoms with Crippen LogP contribution in [0.2, 0.25) is 5.02 Å². The number of hydrogen-bond donors (Lipinski definition) is 2. The average molecular weight is 293 g/mol. The first kappa shape index (κ1) is 13.9. The molecule has 0 bridgehead atoms. The number of nitrogen functional groups attached to an aromatic ring is 1. The van der Waals surface area contributed by atoms with Crippen LogP contribution < -0.4 is 16.0 Å². The minimum atomic E-state index is -0.559. The molecule has 3 N–H and O–H groups in total. The summed E-state index contributed by atoms with van der Waals surface area (Å²) >= 11 is 5.95. The van der Waals surface area contributed by atoms with Crippen LogP contribution >= 0.6 is 11.6 Å². The fourth-order valence-electron chi connectivity index (χ4n) is 1.40. The Bertz CT molecular complexity index is 678. The molecule has 1 aromatic heterocycles. The zero-order valence-corrected chi connectivity index (χ0v) is 10.8. The van der Waals surface area contributed by atoms with Gasteiger partial charge in [-0.25, -0.2) is 5.84 Å². The summed E-state index contributed by atoms with van der Waals surface area (Å²) in [4.78, 5) is 11.2. The van der Waals surface area contributed by atoms with Gasteiger partial charge in [-0.1, -0.05) is 16.8 Å². The van der Waals surface area contributed by atoms with Crippen molar-refractivity contribution in [3.05, 3.63) is 46.3 Å². The number of hydrogen-bond acceptors (Lipinski definition) is 6. The smallest absolute Gasteiger partial charge is 0.287 e. The van der Waals surface area contributed by atoms with E-state index < -0.39 is 5.91 Å². The van der Waals surface area contributed by atoms with Gasteiger partial charge in [0.2, 0.25) is 0 Å². The lowest BCUT2D eigenvalue weighted by Crippen LogP contribution is -2.30. The first-order valence-electron chi connectivity index (χ1n) is 5.43. The molecule has 0 saturated heterocycles. The summed E-state index contributed by atoms with van der Waals surface area (Å²) in [7, 11) is 0. The molecular formula is C12H9ClN4O3. The predicted molar refractivity (Wildman–Crippen MR) is 68.7 cm³/mol. The van der Waals surface area contributed by atoms with Crippen LogP contribution in [-0.2, 0) is 6.61 Å². The molecule has 2 rings (SSSR count). The number of carbonyl (C=O) groups excluding carboxylic acids is 1. The molecule has 1 aromatic carbocycles. The number of ether oxygens (including phenoxy) is 1. The molecular weight excluding hydrogens is 284 g/mol. The van der Waals surface area contributed by atoms with Crippen LogP contribution in [0, 0.1) is 11.3 Å². The Morgan fingerprint density at radius 1 is 1.55 bits per heavy atom. The Hall–Kier alpha value is -2.56. The summed E-state index contributed by atoms with van der Waals surface area (Å²) in [6, 6.07) is 8.01. The van der Waals surface area contributed by atoms with Crippen LogP contribution in [0.3, 0.4) is 0 Å². The van der Waals surface area contributed by atoms with Gasteiger partial charge in [0.25, 0.3) is 5.91 Å². The third-order valence-electron chi connectivity index (χ3n) is 2.35. The number of halogens is 1. The molecule has 20 heavy (non-hydrogen) atoms. The number of rotatable bonds is 4. The Balaban J connectivity index is 2.04. The summed E-state index contributed by atoms with van der Waals surface area (Å²) < 4.78 is 10.3. The van der Waals surface area contributed by atoms with E-state index in [1.807, 2.05) is 11.5 Å². The van der Waals surface area contributed by atoms with Crippen LogP contribution in [0.1, 0.15) is 21.8 Å². The monoisotopic (exact) mass is 292 g/mol. The van der Waals surface area contributed by atoms with Crippen LogP contribution in [0.5, 0.6) is 5.75 Å². The van der Waals surface area contributed by atoms with Gasteiger partial charge < -0.3 is 9.26 Å². The molecule has 1 heterocycles. The first-order valence-corrected chi connectivity index (χ1v) is 5.81. The van der Waals surface area contributed by atoms with Crippen molar-refractivity contribution in [2.75, 3.05) is 0 Å². The standard InChI is InChI=1S/C12H9ClN4O3/c13-9-3-7(5-14)1-2-11(9)19-6-8-4-10(17-20-8)12(18)16-15/h1-4H,6,15H2,(H,16,18). The topological polar surface area (TPSA) is 114 Å². The van der Waals surface area contributed by atoms with E-state index in [2.05, 4.69) is 5.16 Å². The van der Waals surface area contributed by atoms with E-state index in [0.29, 0.717) is 22.1 Å². The van der Waals surface area contributed by atoms with Crippen molar-refractivity contribution in [1.82, 2.24) is 10.6 Å². The number of nitrogens with one attached hydrogen (secondary N) is 1. The molecule has 8 heteroatoms. The van der Waals surface area contributed by atoms with Crippen LogP contribution in [0.25, 0.3) is 0 Å². The molecule has 1 amide bonds. The van der Waals surface area contributed by atoms with Crippen molar-refractivity contribution in [2.45, 2.75) is 6.61 Å². The maximum atomic E-state index is 11.2. The van der Waals surface area contributed by atoms with Crippen molar-refractivity contribution < 1.29 is 14.1 Å². The maximum Gasteiger partial charge on any atom is 0.287 e. The highest BCUT2D eigenvalue weighted by Gasteiger charge is 2.12. The third-order valence-corrected chi connectivity index (χ3v) is 2.65. The highest BCUT2D eigenvalue weighted by atomic mass is 35.5. The number of nitrogens with zero attached hydrogens (tertiary/aromatic N) is 2. The fraction of sp³-hybridized carbons (Fsp3) is 0.0833. The molecule has 0 fully saturated rings. The molecule has 0 aliphatic rings. The van der Waals surface area contributed by atoms with Gasteiger partial charge in [0.05, 0.1) is 16.7 Å². The Morgan fingerprint density at radius 3 is 3.00 bits per heavy atom. The van der Waals surface area contributed by atoms with E-state index in [-0.39, 0.29) is 12.3 Å². The maximum absolute atomic E-state index is 11.2. The second-order valence-electron chi connectivity index (χ2n) is 3.70. The van der Waals surface area contributed by atoms with E-state index in [1.54, 1.807) is 12.1 Å². The zero-order valence-electron chi connectivity index (χ0n) is 10.1.